The van der Waals surface area contributed by atoms with Crippen LogP contribution < -0.4 is 9.47 Å². The number of aromatic nitrogens is 3. The molecule has 1 N–H and O–H groups in total. The molecule has 8 nitrogen and oxygen atoms in total. The fourth-order valence-corrected chi connectivity index (χ4v) is 2.38. The van der Waals surface area contributed by atoms with E-state index < -0.39 is 5.97 Å². The number of hydrogen-bond acceptors (Lipinski definition) is 6. The first-order valence-corrected chi connectivity index (χ1v) is 8.20. The predicted molar refractivity (Wildman–Crippen MR) is 95.6 cm³/mol. The number of carbonyl (C=O) groups is 2. The summed E-state index contributed by atoms with van der Waals surface area (Å²) in [4.78, 5) is 21.8. The minimum atomic E-state index is -0.986. The summed E-state index contributed by atoms with van der Waals surface area (Å²) in [6.45, 7) is 2.45. The summed E-state index contributed by atoms with van der Waals surface area (Å²) in [6, 6.07) is 11.2. The van der Waals surface area contributed by atoms with Gasteiger partial charge < -0.3 is 14.6 Å². The fraction of sp³-hybridized carbons (Fsp3) is 0.158. The maximum atomic E-state index is 10.9. The quantitative estimate of drug-likeness (QED) is 0.611. The van der Waals surface area contributed by atoms with Crippen LogP contribution in [0.2, 0.25) is 0 Å². The largest absolute Gasteiger partial charge is 0.490 e. The van der Waals surface area contributed by atoms with Gasteiger partial charge in [-0.3, -0.25) is 4.79 Å². The third kappa shape index (κ3) is 4.30. The average Bonchev–Trinajstić information content (AvgIpc) is 3.16. The van der Waals surface area contributed by atoms with Gasteiger partial charge in [-0.05, 0) is 49.4 Å². The summed E-state index contributed by atoms with van der Waals surface area (Å²) in [5.41, 5.74) is 1.97. The maximum Gasteiger partial charge on any atom is 0.335 e. The zero-order chi connectivity index (χ0) is 19.2. The highest BCUT2D eigenvalue weighted by atomic mass is 16.5. The zero-order valence-corrected chi connectivity index (χ0v) is 14.5. The number of hydrogen-bond donors (Lipinski definition) is 1. The molecule has 0 atom stereocenters. The first kappa shape index (κ1) is 18.1. The Kier molecular flexibility index (Phi) is 5.46. The Morgan fingerprint density at radius 1 is 1.15 bits per heavy atom. The average molecular weight is 367 g/mol. The molecule has 138 valence electrons. The molecule has 3 rings (SSSR count). The Bertz CT molecular complexity index is 950. The molecule has 0 unspecified atom stereocenters. The molecule has 3 aromatic rings. The van der Waals surface area contributed by atoms with E-state index in [2.05, 4.69) is 10.3 Å². The molecule has 0 aliphatic heterocycles. The van der Waals surface area contributed by atoms with Gasteiger partial charge in [0.15, 0.2) is 11.5 Å². The van der Waals surface area contributed by atoms with E-state index in [9.17, 15) is 9.59 Å². The Morgan fingerprint density at radius 3 is 2.59 bits per heavy atom. The zero-order valence-electron chi connectivity index (χ0n) is 14.5. The minimum Gasteiger partial charge on any atom is -0.490 e. The Balaban J connectivity index is 1.71. The molecule has 0 fully saturated rings. The third-order valence-electron chi connectivity index (χ3n) is 3.70. The number of benzene rings is 2. The van der Waals surface area contributed by atoms with Gasteiger partial charge in [-0.2, -0.15) is 0 Å². The molecular weight excluding hydrogens is 350 g/mol. The van der Waals surface area contributed by atoms with E-state index in [0.29, 0.717) is 35.1 Å². The summed E-state index contributed by atoms with van der Waals surface area (Å²) in [5, 5.41) is 17.0. The van der Waals surface area contributed by atoms with Gasteiger partial charge in [0.25, 0.3) is 0 Å². The Morgan fingerprint density at radius 2 is 1.93 bits per heavy atom. The van der Waals surface area contributed by atoms with Crippen molar-refractivity contribution >= 4 is 12.3 Å². The molecular formula is C19H17N3O5. The highest BCUT2D eigenvalue weighted by molar-refractivity contribution is 5.87. The summed E-state index contributed by atoms with van der Waals surface area (Å²) < 4.78 is 12.8. The summed E-state index contributed by atoms with van der Waals surface area (Å²) >= 11 is 0. The van der Waals surface area contributed by atoms with E-state index >= 15 is 0 Å². The lowest BCUT2D eigenvalue weighted by molar-refractivity contribution is 0.0696. The van der Waals surface area contributed by atoms with Crippen LogP contribution >= 0.6 is 0 Å². The van der Waals surface area contributed by atoms with Crippen LogP contribution in [0.5, 0.6) is 11.5 Å². The van der Waals surface area contributed by atoms with Crippen molar-refractivity contribution in [2.24, 2.45) is 0 Å². The number of rotatable bonds is 8. The summed E-state index contributed by atoms with van der Waals surface area (Å²) in [7, 11) is 0. The van der Waals surface area contributed by atoms with E-state index in [1.165, 1.54) is 16.8 Å². The van der Waals surface area contributed by atoms with Crippen LogP contribution in [0.1, 0.15) is 33.3 Å². The van der Waals surface area contributed by atoms with Gasteiger partial charge in [0, 0.05) is 5.56 Å². The number of aldehydes is 1. The molecule has 0 radical (unpaired) electrons. The molecule has 8 heteroatoms. The molecule has 0 spiro atoms. The predicted octanol–water partition coefficient (Wildman–Crippen LogP) is 2.76. The smallest absolute Gasteiger partial charge is 0.335 e. The summed E-state index contributed by atoms with van der Waals surface area (Å²) in [6.07, 6.45) is 2.43. The van der Waals surface area contributed by atoms with Crippen LogP contribution in [0.25, 0.3) is 5.69 Å². The van der Waals surface area contributed by atoms with Gasteiger partial charge in [0.05, 0.1) is 24.1 Å². The first-order chi connectivity index (χ1) is 13.1. The monoisotopic (exact) mass is 367 g/mol. The Labute approximate surface area is 155 Å². The molecule has 0 saturated carbocycles. The van der Waals surface area contributed by atoms with Crippen molar-refractivity contribution in [2.45, 2.75) is 13.5 Å². The molecule has 0 aliphatic carbocycles. The summed E-state index contributed by atoms with van der Waals surface area (Å²) in [5.74, 6) is 0.00138. The molecule has 0 bridgehead atoms. The van der Waals surface area contributed by atoms with Gasteiger partial charge >= 0.3 is 5.97 Å². The molecule has 27 heavy (non-hydrogen) atoms. The van der Waals surface area contributed by atoms with E-state index in [-0.39, 0.29) is 12.2 Å². The van der Waals surface area contributed by atoms with Crippen LogP contribution in [0, 0.1) is 0 Å². The molecule has 2 aromatic carbocycles. The van der Waals surface area contributed by atoms with Gasteiger partial charge in [-0.1, -0.05) is 5.21 Å². The van der Waals surface area contributed by atoms with E-state index in [1.54, 1.807) is 36.5 Å². The van der Waals surface area contributed by atoms with Gasteiger partial charge in [-0.25, -0.2) is 9.48 Å². The van der Waals surface area contributed by atoms with Crippen LogP contribution in [0.15, 0.2) is 48.7 Å². The van der Waals surface area contributed by atoms with Crippen molar-refractivity contribution in [3.8, 4) is 17.2 Å². The molecule has 0 amide bonds. The van der Waals surface area contributed by atoms with Gasteiger partial charge in [-0.15, -0.1) is 5.10 Å². The second kappa shape index (κ2) is 8.13. The topological polar surface area (TPSA) is 104 Å². The van der Waals surface area contributed by atoms with Crippen molar-refractivity contribution in [1.82, 2.24) is 15.0 Å². The third-order valence-corrected chi connectivity index (χ3v) is 3.70. The highest BCUT2D eigenvalue weighted by Crippen LogP contribution is 2.28. The van der Waals surface area contributed by atoms with Crippen LogP contribution in [0.4, 0.5) is 0 Å². The molecule has 1 heterocycles. The van der Waals surface area contributed by atoms with Crippen LogP contribution in [-0.2, 0) is 6.61 Å². The molecule has 1 aromatic heterocycles. The molecule has 0 aliphatic rings. The highest BCUT2D eigenvalue weighted by Gasteiger charge is 2.09. The lowest BCUT2D eigenvalue weighted by Crippen LogP contribution is -2.00. The number of carbonyl (C=O) groups excluding carboxylic acids is 1. The molecule has 0 saturated heterocycles. The first-order valence-electron chi connectivity index (χ1n) is 8.20. The lowest BCUT2D eigenvalue weighted by atomic mass is 10.2. The van der Waals surface area contributed by atoms with Crippen molar-refractivity contribution in [2.75, 3.05) is 6.61 Å². The van der Waals surface area contributed by atoms with Gasteiger partial charge in [0.1, 0.15) is 18.6 Å². The lowest BCUT2D eigenvalue weighted by Gasteiger charge is -2.11. The van der Waals surface area contributed by atoms with Crippen LogP contribution in [0.3, 0.4) is 0 Å². The fourth-order valence-electron chi connectivity index (χ4n) is 2.38. The number of carboxylic acids is 1. The van der Waals surface area contributed by atoms with Crippen molar-refractivity contribution in [3.05, 3.63) is 65.5 Å². The SMILES string of the molecule is CCOc1cc(C=O)ccc1OCc1cn(-c2ccc(C(=O)O)cc2)nn1. The van der Waals surface area contributed by atoms with E-state index in [1.807, 2.05) is 6.92 Å². The van der Waals surface area contributed by atoms with Crippen molar-refractivity contribution in [3.63, 3.8) is 0 Å². The van der Waals surface area contributed by atoms with E-state index in [0.717, 1.165) is 6.29 Å². The maximum absolute atomic E-state index is 10.9. The number of aromatic carboxylic acids is 1. The number of carboxylic acid groups (broad SMARTS) is 1. The van der Waals surface area contributed by atoms with Crippen molar-refractivity contribution in [1.29, 1.82) is 0 Å². The van der Waals surface area contributed by atoms with E-state index in [4.69, 9.17) is 14.6 Å². The Hall–Kier alpha value is -3.68. The normalized spacial score (nSPS) is 10.4. The number of ether oxygens (including phenoxy) is 2. The standard InChI is InChI=1S/C19H17N3O5/c1-2-26-18-9-13(11-23)3-8-17(18)27-12-15-10-22(21-20-15)16-6-4-14(5-7-16)19(24)25/h3-11H,2,12H2,1H3,(H,24,25). The second-order valence-corrected chi connectivity index (χ2v) is 5.55. The second-order valence-electron chi connectivity index (χ2n) is 5.55. The minimum absolute atomic E-state index is 0.160. The van der Waals surface area contributed by atoms with Gasteiger partial charge in [0.2, 0.25) is 0 Å². The number of nitrogens with zero attached hydrogens (tertiary/aromatic N) is 3. The van der Waals surface area contributed by atoms with Crippen LogP contribution in [-0.4, -0.2) is 39.0 Å². The van der Waals surface area contributed by atoms with Crippen molar-refractivity contribution < 1.29 is 24.2 Å².